The van der Waals surface area contributed by atoms with E-state index in [9.17, 15) is 19.2 Å². The normalized spacial score (nSPS) is 16.5. The zero-order valence-corrected chi connectivity index (χ0v) is 15.9. The Morgan fingerprint density at radius 2 is 2.00 bits per heavy atom. The predicted octanol–water partition coefficient (Wildman–Crippen LogP) is 1.40. The number of ether oxygens (including phenoxy) is 2. The molecule has 1 unspecified atom stereocenters. The molecule has 9 nitrogen and oxygen atoms in total. The molecule has 0 saturated carbocycles. The third-order valence-corrected chi connectivity index (χ3v) is 4.30. The zero-order valence-electron chi connectivity index (χ0n) is 15.9. The molecule has 0 radical (unpaired) electrons. The Bertz CT molecular complexity index is 753. The molecule has 27 heavy (non-hydrogen) atoms. The summed E-state index contributed by atoms with van der Waals surface area (Å²) in [4.78, 5) is 50.3. The summed E-state index contributed by atoms with van der Waals surface area (Å²) in [6.45, 7) is 5.61. The van der Waals surface area contributed by atoms with Gasteiger partial charge in [0.25, 0.3) is 0 Å². The van der Waals surface area contributed by atoms with Gasteiger partial charge >= 0.3 is 5.97 Å². The second kappa shape index (κ2) is 8.81. The van der Waals surface area contributed by atoms with E-state index in [0.29, 0.717) is 13.2 Å². The van der Waals surface area contributed by atoms with Crippen LogP contribution >= 0.6 is 0 Å². The van der Waals surface area contributed by atoms with Crippen molar-refractivity contribution in [3.05, 3.63) is 16.9 Å². The van der Waals surface area contributed by atoms with Crippen LogP contribution in [0.2, 0.25) is 0 Å². The lowest BCUT2D eigenvalue weighted by molar-refractivity contribution is -0.128. The minimum Gasteiger partial charge on any atom is -0.462 e. The highest BCUT2D eigenvalue weighted by Crippen LogP contribution is 2.30. The molecule has 1 aromatic heterocycles. The first-order valence-electron chi connectivity index (χ1n) is 8.69. The summed E-state index contributed by atoms with van der Waals surface area (Å²) in [5.41, 5.74) is -0.0243. The third kappa shape index (κ3) is 4.54. The molecule has 1 aliphatic rings. The van der Waals surface area contributed by atoms with Crippen LogP contribution in [0.3, 0.4) is 0 Å². The number of likely N-dealkylation sites (tertiary alicyclic amines) is 1. The summed E-state index contributed by atoms with van der Waals surface area (Å²) in [6, 6.07) is 0. The van der Waals surface area contributed by atoms with Crippen molar-refractivity contribution in [1.82, 2.24) is 4.90 Å². The topological polar surface area (TPSA) is 115 Å². The number of methoxy groups -OCH3 is 1. The van der Waals surface area contributed by atoms with Crippen LogP contribution < -0.4 is 5.32 Å². The number of hydrogen-bond acceptors (Lipinski definition) is 7. The van der Waals surface area contributed by atoms with E-state index in [1.165, 1.54) is 21.0 Å². The van der Waals surface area contributed by atoms with E-state index in [0.717, 1.165) is 0 Å². The molecule has 1 atom stereocenters. The van der Waals surface area contributed by atoms with Crippen molar-refractivity contribution in [3.8, 4) is 0 Å². The number of carbonyl (C=O) groups is 4. The van der Waals surface area contributed by atoms with E-state index in [-0.39, 0.29) is 54.0 Å². The van der Waals surface area contributed by atoms with Crippen molar-refractivity contribution in [2.45, 2.75) is 27.2 Å². The number of amides is 2. The molecule has 2 heterocycles. The molecule has 1 saturated heterocycles. The molecule has 1 fully saturated rings. The van der Waals surface area contributed by atoms with Crippen LogP contribution in [0.5, 0.6) is 0 Å². The Morgan fingerprint density at radius 3 is 2.59 bits per heavy atom. The van der Waals surface area contributed by atoms with Gasteiger partial charge in [-0.1, -0.05) is 0 Å². The zero-order chi connectivity index (χ0) is 20.1. The van der Waals surface area contributed by atoms with E-state index < -0.39 is 17.8 Å². The highest BCUT2D eigenvalue weighted by molar-refractivity contribution is 6.11. The first kappa shape index (κ1) is 20.6. The molecule has 2 rings (SSSR count). The van der Waals surface area contributed by atoms with Crippen LogP contribution in [-0.2, 0) is 19.1 Å². The molecule has 1 aromatic rings. The van der Waals surface area contributed by atoms with Crippen LogP contribution in [0.1, 0.15) is 46.7 Å². The monoisotopic (exact) mass is 380 g/mol. The van der Waals surface area contributed by atoms with E-state index in [1.54, 1.807) is 11.8 Å². The maximum Gasteiger partial charge on any atom is 0.344 e. The van der Waals surface area contributed by atoms with Gasteiger partial charge in [-0.2, -0.15) is 0 Å². The van der Waals surface area contributed by atoms with Gasteiger partial charge < -0.3 is 18.8 Å². The van der Waals surface area contributed by atoms with Crippen LogP contribution in [0.4, 0.5) is 5.88 Å². The van der Waals surface area contributed by atoms with Crippen molar-refractivity contribution >= 4 is 29.5 Å². The fourth-order valence-electron chi connectivity index (χ4n) is 3.03. The predicted molar refractivity (Wildman–Crippen MR) is 94.6 cm³/mol. The number of ketones is 1. The minimum atomic E-state index is -0.751. The standard InChI is InChI=1S/C18H24N2O7/c1-5-26-18(24)15-14(10(2)21)11(3)27-17(15)19-16(23)12-8-13(22)20(9-12)6-7-25-4/h12H,5-9H2,1-4H3,(H,19,23). The number of anilines is 1. The van der Waals surface area contributed by atoms with Gasteiger partial charge in [-0.3, -0.25) is 19.7 Å². The lowest BCUT2D eigenvalue weighted by atomic mass is 10.1. The average Bonchev–Trinajstić information content (AvgIpc) is 3.13. The van der Waals surface area contributed by atoms with Gasteiger partial charge in [-0.05, 0) is 20.8 Å². The second-order valence-electron chi connectivity index (χ2n) is 6.24. The van der Waals surface area contributed by atoms with Gasteiger partial charge in [-0.25, -0.2) is 4.79 Å². The molecule has 0 bridgehead atoms. The Morgan fingerprint density at radius 1 is 1.30 bits per heavy atom. The molecular weight excluding hydrogens is 356 g/mol. The molecule has 2 amide bonds. The Labute approximate surface area is 157 Å². The van der Waals surface area contributed by atoms with Crippen LogP contribution in [0, 0.1) is 12.8 Å². The fourth-order valence-corrected chi connectivity index (χ4v) is 3.03. The number of nitrogens with zero attached hydrogens (tertiary/aromatic N) is 1. The number of Topliss-reactive ketones (excluding diaryl/α,β-unsaturated/α-hetero) is 1. The molecular formula is C18H24N2O7. The number of rotatable bonds is 8. The van der Waals surface area contributed by atoms with Crippen molar-refractivity contribution in [2.75, 3.05) is 38.7 Å². The molecule has 9 heteroatoms. The first-order chi connectivity index (χ1) is 12.8. The SMILES string of the molecule is CCOC(=O)c1c(NC(=O)C2CC(=O)N(CCOC)C2)oc(C)c1C(C)=O. The van der Waals surface area contributed by atoms with Gasteiger partial charge in [0.05, 0.1) is 24.7 Å². The maximum atomic E-state index is 12.6. The number of furan rings is 1. The van der Waals surface area contributed by atoms with Crippen molar-refractivity contribution in [1.29, 1.82) is 0 Å². The van der Waals surface area contributed by atoms with E-state index in [2.05, 4.69) is 5.32 Å². The highest BCUT2D eigenvalue weighted by Gasteiger charge is 2.36. The van der Waals surface area contributed by atoms with Gasteiger partial charge in [0.15, 0.2) is 5.78 Å². The quantitative estimate of drug-likeness (QED) is 0.535. The van der Waals surface area contributed by atoms with E-state index >= 15 is 0 Å². The largest absolute Gasteiger partial charge is 0.462 e. The Hall–Kier alpha value is -2.68. The number of nitrogens with one attached hydrogen (secondary N) is 1. The van der Waals surface area contributed by atoms with Gasteiger partial charge in [0.1, 0.15) is 11.3 Å². The first-order valence-corrected chi connectivity index (χ1v) is 8.69. The molecule has 148 valence electrons. The Balaban J connectivity index is 2.20. The van der Waals surface area contributed by atoms with Crippen LogP contribution in [0.15, 0.2) is 4.42 Å². The molecule has 0 aromatic carbocycles. The van der Waals surface area contributed by atoms with Gasteiger partial charge in [-0.15, -0.1) is 0 Å². The third-order valence-electron chi connectivity index (χ3n) is 4.30. The van der Waals surface area contributed by atoms with Crippen molar-refractivity contribution in [2.24, 2.45) is 5.92 Å². The van der Waals surface area contributed by atoms with Crippen LogP contribution in [-0.4, -0.2) is 61.9 Å². The fraction of sp³-hybridized carbons (Fsp3) is 0.556. The summed E-state index contributed by atoms with van der Waals surface area (Å²) < 4.78 is 15.4. The lowest BCUT2D eigenvalue weighted by Crippen LogP contribution is -2.31. The molecule has 0 spiro atoms. The number of carbonyl (C=O) groups excluding carboxylic acids is 4. The lowest BCUT2D eigenvalue weighted by Gasteiger charge is -2.15. The molecule has 1 aliphatic heterocycles. The van der Waals surface area contributed by atoms with E-state index in [1.807, 2.05) is 0 Å². The van der Waals surface area contributed by atoms with E-state index in [4.69, 9.17) is 13.9 Å². The summed E-state index contributed by atoms with van der Waals surface area (Å²) >= 11 is 0. The van der Waals surface area contributed by atoms with Gasteiger partial charge in [0, 0.05) is 26.6 Å². The summed E-state index contributed by atoms with van der Waals surface area (Å²) in [5.74, 6) is -2.24. The highest BCUT2D eigenvalue weighted by atomic mass is 16.5. The second-order valence-corrected chi connectivity index (χ2v) is 6.24. The maximum absolute atomic E-state index is 12.6. The van der Waals surface area contributed by atoms with Crippen LogP contribution in [0.25, 0.3) is 0 Å². The summed E-state index contributed by atoms with van der Waals surface area (Å²) in [6.07, 6.45) is 0.0591. The number of esters is 1. The summed E-state index contributed by atoms with van der Waals surface area (Å²) in [7, 11) is 1.54. The van der Waals surface area contributed by atoms with Crippen molar-refractivity contribution < 1.29 is 33.1 Å². The van der Waals surface area contributed by atoms with Gasteiger partial charge in [0.2, 0.25) is 17.7 Å². The summed E-state index contributed by atoms with van der Waals surface area (Å²) in [5, 5.41) is 2.54. The number of hydrogen-bond donors (Lipinski definition) is 1. The molecule has 1 N–H and O–H groups in total. The molecule has 0 aliphatic carbocycles. The average molecular weight is 380 g/mol. The Kier molecular flexibility index (Phi) is 6.73. The smallest absolute Gasteiger partial charge is 0.344 e. The minimum absolute atomic E-state index is 0.0591. The van der Waals surface area contributed by atoms with Crippen molar-refractivity contribution in [3.63, 3.8) is 0 Å². The number of aryl methyl sites for hydroxylation is 1.